The van der Waals surface area contributed by atoms with Crippen LogP contribution < -0.4 is 10.1 Å². The molecular formula is C15H18ClN3O2S. The van der Waals surface area contributed by atoms with E-state index < -0.39 is 5.38 Å². The van der Waals surface area contributed by atoms with Gasteiger partial charge < -0.3 is 4.74 Å². The van der Waals surface area contributed by atoms with Crippen molar-refractivity contribution in [2.24, 2.45) is 0 Å². The monoisotopic (exact) mass is 339 g/mol. The van der Waals surface area contributed by atoms with Gasteiger partial charge in [-0.1, -0.05) is 29.0 Å². The van der Waals surface area contributed by atoms with Crippen LogP contribution in [0.1, 0.15) is 23.9 Å². The minimum absolute atomic E-state index is 0.271. The fraction of sp³-hybridized carbons (Fsp3) is 0.400. The number of halogens is 1. The highest BCUT2D eigenvalue weighted by molar-refractivity contribution is 7.15. The van der Waals surface area contributed by atoms with Gasteiger partial charge in [-0.25, -0.2) is 0 Å². The summed E-state index contributed by atoms with van der Waals surface area (Å²) in [6, 6.07) is 7.96. The molecule has 0 saturated heterocycles. The van der Waals surface area contributed by atoms with Gasteiger partial charge in [0.05, 0.1) is 6.61 Å². The normalized spacial score (nSPS) is 12.0. The van der Waals surface area contributed by atoms with Crippen molar-refractivity contribution in [1.82, 2.24) is 10.2 Å². The summed E-state index contributed by atoms with van der Waals surface area (Å²) in [6.45, 7) is 4.27. The molecule has 0 fully saturated rings. The van der Waals surface area contributed by atoms with Crippen molar-refractivity contribution in [3.05, 3.63) is 34.8 Å². The Balaban J connectivity index is 1.72. The van der Waals surface area contributed by atoms with Crippen LogP contribution in [0.2, 0.25) is 0 Å². The lowest BCUT2D eigenvalue weighted by Crippen LogP contribution is -2.20. The van der Waals surface area contributed by atoms with Gasteiger partial charge in [0.25, 0.3) is 0 Å². The molecule has 1 atom stereocenters. The summed E-state index contributed by atoms with van der Waals surface area (Å²) in [7, 11) is 0. The molecule has 0 aliphatic heterocycles. The van der Waals surface area contributed by atoms with E-state index in [1.807, 2.05) is 31.2 Å². The summed E-state index contributed by atoms with van der Waals surface area (Å²) in [6.07, 6.45) is 1.60. The summed E-state index contributed by atoms with van der Waals surface area (Å²) in [5, 5.41) is 11.3. The first kappa shape index (κ1) is 16.7. The number of rotatable bonds is 7. The van der Waals surface area contributed by atoms with Crippen LogP contribution in [0, 0.1) is 6.92 Å². The minimum Gasteiger partial charge on any atom is -0.494 e. The molecule has 2 rings (SSSR count). The Hall–Kier alpha value is -1.66. The summed E-state index contributed by atoms with van der Waals surface area (Å²) < 4.78 is 5.65. The van der Waals surface area contributed by atoms with Crippen LogP contribution in [0.4, 0.5) is 5.13 Å². The molecule has 0 bridgehead atoms. The Morgan fingerprint density at radius 1 is 1.36 bits per heavy atom. The third kappa shape index (κ3) is 5.27. The molecule has 118 valence electrons. The predicted molar refractivity (Wildman–Crippen MR) is 88.8 cm³/mol. The van der Waals surface area contributed by atoms with Gasteiger partial charge in [-0.15, -0.1) is 21.8 Å². The Morgan fingerprint density at radius 2 is 2.09 bits per heavy atom. The van der Waals surface area contributed by atoms with Crippen molar-refractivity contribution in [1.29, 1.82) is 0 Å². The zero-order chi connectivity index (χ0) is 15.9. The number of nitrogens with one attached hydrogen (secondary N) is 1. The van der Waals surface area contributed by atoms with Crippen LogP contribution in [-0.4, -0.2) is 28.1 Å². The number of anilines is 1. The van der Waals surface area contributed by atoms with E-state index in [0.717, 1.165) is 23.6 Å². The van der Waals surface area contributed by atoms with Crippen LogP contribution >= 0.6 is 22.9 Å². The third-order valence-electron chi connectivity index (χ3n) is 2.88. The van der Waals surface area contributed by atoms with E-state index in [-0.39, 0.29) is 5.91 Å². The Morgan fingerprint density at radius 3 is 2.77 bits per heavy atom. The quantitative estimate of drug-likeness (QED) is 0.620. The topological polar surface area (TPSA) is 64.1 Å². The number of aryl methyl sites for hydroxylation is 2. The maximum Gasteiger partial charge on any atom is 0.243 e. The lowest BCUT2D eigenvalue weighted by Gasteiger charge is -2.05. The second-order valence-electron chi connectivity index (χ2n) is 4.87. The van der Waals surface area contributed by atoms with Gasteiger partial charge >= 0.3 is 0 Å². The number of ether oxygens (including phenoxy) is 1. The molecule has 0 radical (unpaired) electrons. The Labute approximate surface area is 138 Å². The third-order valence-corrected chi connectivity index (χ3v) is 3.98. The van der Waals surface area contributed by atoms with Crippen molar-refractivity contribution >= 4 is 34.0 Å². The smallest absolute Gasteiger partial charge is 0.243 e. The zero-order valence-electron chi connectivity index (χ0n) is 12.5. The van der Waals surface area contributed by atoms with Gasteiger partial charge in [0.15, 0.2) is 0 Å². The molecule has 0 aliphatic carbocycles. The highest BCUT2D eigenvalue weighted by Crippen LogP contribution is 2.18. The molecule has 1 aromatic heterocycles. The highest BCUT2D eigenvalue weighted by atomic mass is 35.5. The van der Waals surface area contributed by atoms with Crippen LogP contribution in [-0.2, 0) is 11.2 Å². The number of alkyl halides is 1. The number of carbonyl (C=O) groups is 1. The Kier molecular flexibility index (Phi) is 6.15. The predicted octanol–water partition coefficient (Wildman–Crippen LogP) is 3.42. The van der Waals surface area contributed by atoms with E-state index in [0.29, 0.717) is 11.7 Å². The van der Waals surface area contributed by atoms with Gasteiger partial charge in [-0.05, 0) is 32.4 Å². The van der Waals surface area contributed by atoms with Gasteiger partial charge in [-0.2, -0.15) is 0 Å². The number of hydrogen-bond acceptors (Lipinski definition) is 5. The van der Waals surface area contributed by atoms with Crippen LogP contribution in [0.5, 0.6) is 5.75 Å². The summed E-state index contributed by atoms with van der Waals surface area (Å²) >= 11 is 7.04. The number of carbonyl (C=O) groups excluding carboxylic acids is 1. The second-order valence-corrected chi connectivity index (χ2v) is 6.59. The molecule has 5 nitrogen and oxygen atoms in total. The maximum absolute atomic E-state index is 11.4. The number of nitrogens with zero attached hydrogens (tertiary/aromatic N) is 2. The molecule has 0 aliphatic rings. The van der Waals surface area contributed by atoms with Gasteiger partial charge in [0.2, 0.25) is 11.0 Å². The molecule has 7 heteroatoms. The lowest BCUT2D eigenvalue weighted by atomic mass is 10.2. The number of amides is 1. The molecule has 2 aromatic rings. The van der Waals surface area contributed by atoms with Crippen LogP contribution in [0.15, 0.2) is 24.3 Å². The molecule has 22 heavy (non-hydrogen) atoms. The molecule has 1 amide bonds. The van der Waals surface area contributed by atoms with E-state index >= 15 is 0 Å². The molecule has 1 aromatic carbocycles. The van der Waals surface area contributed by atoms with E-state index in [9.17, 15) is 4.79 Å². The van der Waals surface area contributed by atoms with Crippen molar-refractivity contribution in [3.8, 4) is 5.75 Å². The fourth-order valence-corrected chi connectivity index (χ4v) is 2.50. The van der Waals surface area contributed by atoms with Crippen LogP contribution in [0.25, 0.3) is 0 Å². The highest BCUT2D eigenvalue weighted by Gasteiger charge is 2.12. The maximum atomic E-state index is 11.4. The standard InChI is InChI=1S/C15H18ClN3O2S/c1-10-5-7-12(8-6-10)21-9-3-4-13-18-19-15(22-13)17-14(20)11(2)16/h5-8,11H,3-4,9H2,1-2H3,(H,17,19,20). The summed E-state index contributed by atoms with van der Waals surface area (Å²) in [4.78, 5) is 11.4. The number of aromatic nitrogens is 2. The summed E-state index contributed by atoms with van der Waals surface area (Å²) in [5.74, 6) is 0.596. The largest absolute Gasteiger partial charge is 0.494 e. The molecular weight excluding hydrogens is 322 g/mol. The molecule has 0 saturated carbocycles. The van der Waals surface area contributed by atoms with Crippen LogP contribution in [0.3, 0.4) is 0 Å². The molecule has 1 unspecified atom stereocenters. The van der Waals surface area contributed by atoms with Crippen molar-refractivity contribution in [3.63, 3.8) is 0 Å². The van der Waals surface area contributed by atoms with E-state index in [2.05, 4.69) is 15.5 Å². The fourth-order valence-electron chi connectivity index (χ4n) is 1.66. The molecule has 1 heterocycles. The first-order valence-corrected chi connectivity index (χ1v) is 8.26. The first-order chi connectivity index (χ1) is 10.5. The molecule has 0 spiro atoms. The van der Waals surface area contributed by atoms with E-state index in [4.69, 9.17) is 16.3 Å². The lowest BCUT2D eigenvalue weighted by molar-refractivity contribution is -0.115. The second kappa shape index (κ2) is 8.10. The van der Waals surface area contributed by atoms with Gasteiger partial charge in [-0.3, -0.25) is 10.1 Å². The van der Waals surface area contributed by atoms with E-state index in [1.165, 1.54) is 16.9 Å². The van der Waals surface area contributed by atoms with E-state index in [1.54, 1.807) is 6.92 Å². The summed E-state index contributed by atoms with van der Waals surface area (Å²) in [5.41, 5.74) is 1.21. The number of hydrogen-bond donors (Lipinski definition) is 1. The van der Waals surface area contributed by atoms with Crippen molar-refractivity contribution in [2.45, 2.75) is 32.1 Å². The minimum atomic E-state index is -0.588. The SMILES string of the molecule is Cc1ccc(OCCCc2nnc(NC(=O)C(C)Cl)s2)cc1. The van der Waals surface area contributed by atoms with Crippen molar-refractivity contribution in [2.75, 3.05) is 11.9 Å². The zero-order valence-corrected chi connectivity index (χ0v) is 14.1. The number of benzene rings is 1. The first-order valence-electron chi connectivity index (χ1n) is 7.01. The molecule has 1 N–H and O–H groups in total. The van der Waals surface area contributed by atoms with Gasteiger partial charge in [0.1, 0.15) is 16.1 Å². The van der Waals surface area contributed by atoms with Crippen molar-refractivity contribution < 1.29 is 9.53 Å². The van der Waals surface area contributed by atoms with Gasteiger partial charge in [0, 0.05) is 6.42 Å². The average Bonchev–Trinajstić information content (AvgIpc) is 2.93. The average molecular weight is 340 g/mol. The Bertz CT molecular complexity index is 614.